The van der Waals surface area contributed by atoms with Crippen molar-refractivity contribution < 1.29 is 4.42 Å². The molecule has 3 rings (SSSR count). The van der Waals surface area contributed by atoms with E-state index in [4.69, 9.17) is 10.2 Å². The lowest BCUT2D eigenvalue weighted by molar-refractivity contribution is 0.491. The Kier molecular flexibility index (Phi) is 2.30. The number of benzene rings is 1. The van der Waals surface area contributed by atoms with Gasteiger partial charge in [0, 0.05) is 5.56 Å². The first-order chi connectivity index (χ1) is 8.18. The number of hydrogen-bond acceptors (Lipinski definition) is 3. The van der Waals surface area contributed by atoms with E-state index in [9.17, 15) is 4.79 Å². The summed E-state index contributed by atoms with van der Waals surface area (Å²) in [5.74, 6) is 1.02. The summed E-state index contributed by atoms with van der Waals surface area (Å²) in [6.45, 7) is 1.86. The summed E-state index contributed by atoms with van der Waals surface area (Å²) in [6, 6.07) is 7.13. The molecular weight excluding hydrogens is 214 g/mol. The summed E-state index contributed by atoms with van der Waals surface area (Å²) in [7, 11) is 0. The second-order valence-corrected chi connectivity index (χ2v) is 4.77. The molecule has 0 radical (unpaired) electrons. The van der Waals surface area contributed by atoms with Gasteiger partial charge in [-0.3, -0.25) is 4.79 Å². The summed E-state index contributed by atoms with van der Waals surface area (Å²) in [5, 5.41) is 0.666. The highest BCUT2D eigenvalue weighted by atomic mass is 16.3. The largest absolute Gasteiger partial charge is 0.459 e. The van der Waals surface area contributed by atoms with Crippen molar-refractivity contribution in [1.29, 1.82) is 0 Å². The summed E-state index contributed by atoms with van der Waals surface area (Å²) < 4.78 is 5.81. The van der Waals surface area contributed by atoms with Gasteiger partial charge in [-0.15, -0.1) is 0 Å². The second kappa shape index (κ2) is 3.70. The average molecular weight is 229 g/mol. The highest BCUT2D eigenvalue weighted by Crippen LogP contribution is 2.41. The van der Waals surface area contributed by atoms with Crippen LogP contribution in [0.15, 0.2) is 33.5 Å². The van der Waals surface area contributed by atoms with Gasteiger partial charge in [0.15, 0.2) is 5.43 Å². The van der Waals surface area contributed by atoms with Gasteiger partial charge in [-0.05, 0) is 37.8 Å². The van der Waals surface area contributed by atoms with Crippen molar-refractivity contribution in [2.75, 3.05) is 0 Å². The molecule has 0 bridgehead atoms. The van der Waals surface area contributed by atoms with E-state index < -0.39 is 0 Å². The zero-order valence-corrected chi connectivity index (χ0v) is 9.77. The van der Waals surface area contributed by atoms with E-state index in [1.807, 2.05) is 31.2 Å². The standard InChI is InChI=1S/C14H15NO2/c1-8(15)14-12(9-6-7-9)13(16)10-4-2-3-5-11(10)17-14/h2-5,8-9H,6-7,15H2,1H3. The molecule has 88 valence electrons. The monoisotopic (exact) mass is 229 g/mol. The van der Waals surface area contributed by atoms with Crippen molar-refractivity contribution in [2.24, 2.45) is 5.73 Å². The van der Waals surface area contributed by atoms with Gasteiger partial charge < -0.3 is 10.2 Å². The normalized spacial score (nSPS) is 17.3. The first-order valence-electron chi connectivity index (χ1n) is 5.99. The van der Waals surface area contributed by atoms with Crippen LogP contribution >= 0.6 is 0 Å². The Hall–Kier alpha value is -1.61. The third-order valence-corrected chi connectivity index (χ3v) is 3.26. The van der Waals surface area contributed by atoms with Crippen LogP contribution in [0.25, 0.3) is 11.0 Å². The van der Waals surface area contributed by atoms with Crippen LogP contribution in [0, 0.1) is 0 Å². The molecule has 1 aromatic heterocycles. The Morgan fingerprint density at radius 1 is 1.35 bits per heavy atom. The van der Waals surface area contributed by atoms with Gasteiger partial charge in [0.05, 0.1) is 11.4 Å². The Balaban J connectivity index is 2.38. The molecule has 1 fully saturated rings. The van der Waals surface area contributed by atoms with E-state index in [0.717, 1.165) is 18.4 Å². The number of fused-ring (bicyclic) bond motifs is 1. The van der Waals surface area contributed by atoms with Crippen molar-refractivity contribution in [3.8, 4) is 0 Å². The third-order valence-electron chi connectivity index (χ3n) is 3.26. The molecule has 1 saturated carbocycles. The van der Waals surface area contributed by atoms with Gasteiger partial charge >= 0.3 is 0 Å². The zero-order chi connectivity index (χ0) is 12.0. The van der Waals surface area contributed by atoms with Crippen LogP contribution in [0.1, 0.15) is 43.0 Å². The second-order valence-electron chi connectivity index (χ2n) is 4.77. The molecule has 1 unspecified atom stereocenters. The van der Waals surface area contributed by atoms with Crippen molar-refractivity contribution in [1.82, 2.24) is 0 Å². The summed E-state index contributed by atoms with van der Waals surface area (Å²) in [5.41, 5.74) is 7.44. The maximum Gasteiger partial charge on any atom is 0.196 e. The van der Waals surface area contributed by atoms with Gasteiger partial charge in [-0.25, -0.2) is 0 Å². The quantitative estimate of drug-likeness (QED) is 0.861. The highest BCUT2D eigenvalue weighted by molar-refractivity contribution is 5.77. The van der Waals surface area contributed by atoms with E-state index in [1.165, 1.54) is 0 Å². The lowest BCUT2D eigenvalue weighted by Crippen LogP contribution is -2.17. The van der Waals surface area contributed by atoms with Gasteiger partial charge in [0.2, 0.25) is 0 Å². The molecule has 1 atom stereocenters. The summed E-state index contributed by atoms with van der Waals surface area (Å²) in [4.78, 5) is 12.4. The lowest BCUT2D eigenvalue weighted by Gasteiger charge is -2.11. The van der Waals surface area contributed by atoms with Gasteiger partial charge in [0.1, 0.15) is 11.3 Å². The molecule has 3 nitrogen and oxygen atoms in total. The SMILES string of the molecule is CC(N)c1oc2ccccc2c(=O)c1C1CC1. The molecule has 17 heavy (non-hydrogen) atoms. The minimum atomic E-state index is -0.233. The predicted octanol–water partition coefficient (Wildman–Crippen LogP) is 2.69. The molecule has 3 heteroatoms. The highest BCUT2D eigenvalue weighted by Gasteiger charge is 2.31. The number of nitrogens with two attached hydrogens (primary N) is 1. The lowest BCUT2D eigenvalue weighted by atomic mass is 10.0. The first kappa shape index (κ1) is 10.5. The molecular formula is C14H15NO2. The van der Waals surface area contributed by atoms with E-state index in [2.05, 4.69) is 0 Å². The third kappa shape index (κ3) is 1.67. The molecule has 1 aliphatic rings. The Morgan fingerprint density at radius 2 is 2.06 bits per heavy atom. The fourth-order valence-corrected chi connectivity index (χ4v) is 2.27. The Bertz CT molecular complexity index is 624. The fraction of sp³-hybridized carbons (Fsp3) is 0.357. The van der Waals surface area contributed by atoms with Crippen LogP contribution in [0.2, 0.25) is 0 Å². The van der Waals surface area contributed by atoms with Crippen LogP contribution in [0.5, 0.6) is 0 Å². The van der Waals surface area contributed by atoms with Gasteiger partial charge in [0.25, 0.3) is 0 Å². The zero-order valence-electron chi connectivity index (χ0n) is 9.77. The van der Waals surface area contributed by atoms with Gasteiger partial charge in [-0.1, -0.05) is 12.1 Å². The minimum Gasteiger partial charge on any atom is -0.459 e. The van der Waals surface area contributed by atoms with Crippen LogP contribution < -0.4 is 11.2 Å². The molecule has 2 N–H and O–H groups in total. The van der Waals surface area contributed by atoms with Crippen LogP contribution in [0.4, 0.5) is 0 Å². The van der Waals surface area contributed by atoms with Crippen molar-refractivity contribution >= 4 is 11.0 Å². The molecule has 1 heterocycles. The van der Waals surface area contributed by atoms with E-state index in [0.29, 0.717) is 22.6 Å². The minimum absolute atomic E-state index is 0.0988. The molecule has 0 saturated heterocycles. The summed E-state index contributed by atoms with van der Waals surface area (Å²) in [6.07, 6.45) is 2.14. The topological polar surface area (TPSA) is 56.2 Å². The predicted molar refractivity (Wildman–Crippen MR) is 67.1 cm³/mol. The molecule has 1 aromatic carbocycles. The number of para-hydroxylation sites is 1. The molecule has 0 amide bonds. The number of hydrogen-bond donors (Lipinski definition) is 1. The molecule has 0 aliphatic heterocycles. The van der Waals surface area contributed by atoms with Crippen molar-refractivity contribution in [3.63, 3.8) is 0 Å². The van der Waals surface area contributed by atoms with E-state index in [1.54, 1.807) is 0 Å². The first-order valence-corrected chi connectivity index (χ1v) is 5.99. The fourth-order valence-electron chi connectivity index (χ4n) is 2.27. The van der Waals surface area contributed by atoms with Crippen LogP contribution in [-0.4, -0.2) is 0 Å². The smallest absolute Gasteiger partial charge is 0.196 e. The Labute approximate surface area is 99.2 Å². The average Bonchev–Trinajstić information content (AvgIpc) is 3.13. The van der Waals surface area contributed by atoms with Crippen LogP contribution in [0.3, 0.4) is 0 Å². The maximum atomic E-state index is 12.4. The van der Waals surface area contributed by atoms with E-state index >= 15 is 0 Å². The molecule has 2 aromatic rings. The summed E-state index contributed by atoms with van der Waals surface area (Å²) >= 11 is 0. The van der Waals surface area contributed by atoms with Crippen molar-refractivity contribution in [2.45, 2.75) is 31.7 Å². The molecule has 0 spiro atoms. The van der Waals surface area contributed by atoms with Crippen LogP contribution in [-0.2, 0) is 0 Å². The Morgan fingerprint density at radius 3 is 2.71 bits per heavy atom. The number of rotatable bonds is 2. The van der Waals surface area contributed by atoms with Gasteiger partial charge in [-0.2, -0.15) is 0 Å². The maximum absolute atomic E-state index is 12.4. The molecule has 1 aliphatic carbocycles. The van der Waals surface area contributed by atoms with E-state index in [-0.39, 0.29) is 11.5 Å². The van der Waals surface area contributed by atoms with Crippen molar-refractivity contribution in [3.05, 3.63) is 45.8 Å².